The largest absolute Gasteiger partial charge is 0.480 e. The van der Waals surface area contributed by atoms with Crippen molar-refractivity contribution in [2.45, 2.75) is 32.0 Å². The van der Waals surface area contributed by atoms with Gasteiger partial charge in [-0.05, 0) is 6.42 Å². The van der Waals surface area contributed by atoms with Crippen LogP contribution in [0.4, 0.5) is 0 Å². The maximum atomic E-state index is 11.9. The number of carboxylic acid groups (broad SMARTS) is 1. The Morgan fingerprint density at radius 1 is 1.50 bits per heavy atom. The summed E-state index contributed by atoms with van der Waals surface area (Å²) in [5.41, 5.74) is 5.37. The van der Waals surface area contributed by atoms with Crippen LogP contribution in [0.1, 0.15) is 18.7 Å². The SMILES string of the molecule is NC(CCC(=O)N1CCn2ccnc2C1)C(=O)O. The lowest BCUT2D eigenvalue weighted by Gasteiger charge is -2.27. The van der Waals surface area contributed by atoms with Gasteiger partial charge >= 0.3 is 5.97 Å². The minimum atomic E-state index is -1.07. The molecule has 1 atom stereocenters. The van der Waals surface area contributed by atoms with E-state index >= 15 is 0 Å². The van der Waals surface area contributed by atoms with Gasteiger partial charge in [-0.25, -0.2) is 4.98 Å². The third-order valence-corrected chi connectivity index (χ3v) is 3.08. The molecule has 1 aliphatic heterocycles. The van der Waals surface area contributed by atoms with Gasteiger partial charge in [0, 0.05) is 31.9 Å². The Balaban J connectivity index is 1.86. The van der Waals surface area contributed by atoms with Gasteiger partial charge in [0.1, 0.15) is 11.9 Å². The second-order valence-electron chi connectivity index (χ2n) is 4.34. The van der Waals surface area contributed by atoms with Crippen LogP contribution >= 0.6 is 0 Å². The van der Waals surface area contributed by atoms with Crippen LogP contribution in [0.3, 0.4) is 0 Å². The summed E-state index contributed by atoms with van der Waals surface area (Å²) in [5, 5.41) is 8.64. The smallest absolute Gasteiger partial charge is 0.320 e. The quantitative estimate of drug-likeness (QED) is 0.746. The molecule has 0 saturated carbocycles. The molecule has 0 saturated heterocycles. The number of amides is 1. The summed E-state index contributed by atoms with van der Waals surface area (Å²) in [6.45, 7) is 1.84. The first-order chi connectivity index (χ1) is 8.58. The molecule has 7 nitrogen and oxygen atoms in total. The Hall–Kier alpha value is -1.89. The zero-order valence-corrected chi connectivity index (χ0v) is 9.95. The van der Waals surface area contributed by atoms with Crippen molar-refractivity contribution in [2.24, 2.45) is 5.73 Å². The van der Waals surface area contributed by atoms with Crippen molar-refractivity contribution in [1.29, 1.82) is 0 Å². The molecule has 1 aromatic rings. The van der Waals surface area contributed by atoms with E-state index in [0.717, 1.165) is 12.4 Å². The summed E-state index contributed by atoms with van der Waals surface area (Å²) in [5.74, 6) is -0.282. The second kappa shape index (κ2) is 5.18. The van der Waals surface area contributed by atoms with Crippen molar-refractivity contribution < 1.29 is 14.7 Å². The number of fused-ring (bicyclic) bond motifs is 1. The summed E-state index contributed by atoms with van der Waals surface area (Å²) in [6, 6.07) is -0.972. The van der Waals surface area contributed by atoms with Gasteiger partial charge in [0.05, 0.1) is 6.54 Å². The third-order valence-electron chi connectivity index (χ3n) is 3.08. The number of aromatic nitrogens is 2. The first-order valence-electron chi connectivity index (χ1n) is 5.84. The number of nitrogens with zero attached hydrogens (tertiary/aromatic N) is 3. The van der Waals surface area contributed by atoms with E-state index in [9.17, 15) is 9.59 Å². The van der Waals surface area contributed by atoms with E-state index in [1.807, 2.05) is 10.8 Å². The maximum Gasteiger partial charge on any atom is 0.320 e. The fourth-order valence-electron chi connectivity index (χ4n) is 1.95. The predicted molar refractivity (Wildman–Crippen MR) is 62.5 cm³/mol. The first kappa shape index (κ1) is 12.6. The topological polar surface area (TPSA) is 101 Å². The normalized spacial score (nSPS) is 16.2. The van der Waals surface area contributed by atoms with Gasteiger partial charge in [0.15, 0.2) is 0 Å². The van der Waals surface area contributed by atoms with Crippen LogP contribution in [0.25, 0.3) is 0 Å². The predicted octanol–water partition coefficient (Wildman–Crippen LogP) is -0.583. The molecule has 1 aliphatic rings. The first-order valence-corrected chi connectivity index (χ1v) is 5.84. The van der Waals surface area contributed by atoms with E-state index in [1.165, 1.54) is 0 Å². The molecule has 0 bridgehead atoms. The summed E-state index contributed by atoms with van der Waals surface area (Å²) in [6.07, 6.45) is 3.93. The summed E-state index contributed by atoms with van der Waals surface area (Å²) >= 11 is 0. The Morgan fingerprint density at radius 3 is 3.00 bits per heavy atom. The molecule has 1 aromatic heterocycles. The van der Waals surface area contributed by atoms with Crippen LogP contribution in [0.5, 0.6) is 0 Å². The fraction of sp³-hybridized carbons (Fsp3) is 0.545. The molecular formula is C11H16N4O3. The highest BCUT2D eigenvalue weighted by molar-refractivity contribution is 5.78. The van der Waals surface area contributed by atoms with Crippen molar-refractivity contribution in [3.63, 3.8) is 0 Å². The lowest BCUT2D eigenvalue weighted by molar-refractivity contribution is -0.139. The second-order valence-corrected chi connectivity index (χ2v) is 4.34. The van der Waals surface area contributed by atoms with E-state index in [1.54, 1.807) is 11.1 Å². The van der Waals surface area contributed by atoms with Crippen LogP contribution in [-0.2, 0) is 22.7 Å². The number of carbonyl (C=O) groups excluding carboxylic acids is 1. The van der Waals surface area contributed by atoms with Gasteiger partial charge in [-0.15, -0.1) is 0 Å². The molecule has 98 valence electrons. The van der Waals surface area contributed by atoms with Gasteiger partial charge in [-0.1, -0.05) is 0 Å². The zero-order valence-electron chi connectivity index (χ0n) is 9.95. The number of carboxylic acids is 1. The van der Waals surface area contributed by atoms with Crippen molar-refractivity contribution >= 4 is 11.9 Å². The van der Waals surface area contributed by atoms with Gasteiger partial charge in [-0.2, -0.15) is 0 Å². The van der Waals surface area contributed by atoms with Gasteiger partial charge in [-0.3, -0.25) is 9.59 Å². The Bertz CT molecular complexity index is 457. The van der Waals surface area contributed by atoms with Crippen LogP contribution < -0.4 is 5.73 Å². The van der Waals surface area contributed by atoms with Crippen molar-refractivity contribution in [1.82, 2.24) is 14.5 Å². The van der Waals surface area contributed by atoms with Crippen molar-refractivity contribution in [2.75, 3.05) is 6.54 Å². The Kier molecular flexibility index (Phi) is 3.61. The van der Waals surface area contributed by atoms with Gasteiger partial charge in [0.25, 0.3) is 0 Å². The van der Waals surface area contributed by atoms with Gasteiger partial charge in [0.2, 0.25) is 5.91 Å². The molecule has 18 heavy (non-hydrogen) atoms. The molecule has 1 amide bonds. The number of nitrogens with two attached hydrogens (primary N) is 1. The maximum absolute atomic E-state index is 11.9. The van der Waals surface area contributed by atoms with Crippen molar-refractivity contribution in [3.8, 4) is 0 Å². The van der Waals surface area contributed by atoms with Crippen LogP contribution in [-0.4, -0.2) is 44.0 Å². The number of aliphatic carboxylic acids is 1. The van der Waals surface area contributed by atoms with E-state index < -0.39 is 12.0 Å². The molecule has 0 radical (unpaired) electrons. The van der Waals surface area contributed by atoms with Crippen LogP contribution in [0.15, 0.2) is 12.4 Å². The average Bonchev–Trinajstić information content (AvgIpc) is 2.82. The Morgan fingerprint density at radius 2 is 2.28 bits per heavy atom. The standard InChI is InChI=1S/C11H16N4O3/c12-8(11(17)18)1-2-10(16)15-6-5-14-4-3-13-9(14)7-15/h3-4,8H,1-2,5-7,12H2,(H,17,18). The number of rotatable bonds is 4. The molecule has 2 rings (SSSR count). The monoisotopic (exact) mass is 252 g/mol. The zero-order chi connectivity index (χ0) is 13.1. The molecular weight excluding hydrogens is 236 g/mol. The number of imidazole rings is 1. The van der Waals surface area contributed by atoms with Crippen molar-refractivity contribution in [3.05, 3.63) is 18.2 Å². The summed E-state index contributed by atoms with van der Waals surface area (Å²) in [7, 11) is 0. The number of hydrogen-bond acceptors (Lipinski definition) is 4. The lowest BCUT2D eigenvalue weighted by Crippen LogP contribution is -2.39. The lowest BCUT2D eigenvalue weighted by atomic mass is 10.1. The Labute approximate surface area is 104 Å². The van der Waals surface area contributed by atoms with E-state index in [4.69, 9.17) is 10.8 Å². The van der Waals surface area contributed by atoms with E-state index in [0.29, 0.717) is 13.1 Å². The third kappa shape index (κ3) is 2.67. The van der Waals surface area contributed by atoms with Crippen LogP contribution in [0, 0.1) is 0 Å². The highest BCUT2D eigenvalue weighted by Gasteiger charge is 2.22. The fourth-order valence-corrected chi connectivity index (χ4v) is 1.95. The number of carbonyl (C=O) groups is 2. The molecule has 0 spiro atoms. The molecule has 0 aliphatic carbocycles. The molecule has 3 N–H and O–H groups in total. The minimum absolute atomic E-state index is 0.0686. The molecule has 0 aromatic carbocycles. The molecule has 7 heteroatoms. The van der Waals surface area contributed by atoms with E-state index in [-0.39, 0.29) is 18.7 Å². The summed E-state index contributed by atoms with van der Waals surface area (Å²) in [4.78, 5) is 28.3. The molecule has 1 unspecified atom stereocenters. The number of hydrogen-bond donors (Lipinski definition) is 2. The highest BCUT2D eigenvalue weighted by Crippen LogP contribution is 2.12. The minimum Gasteiger partial charge on any atom is -0.480 e. The highest BCUT2D eigenvalue weighted by atomic mass is 16.4. The average molecular weight is 252 g/mol. The molecule has 2 heterocycles. The van der Waals surface area contributed by atoms with Crippen LogP contribution in [0.2, 0.25) is 0 Å². The molecule has 0 fully saturated rings. The van der Waals surface area contributed by atoms with Gasteiger partial charge < -0.3 is 20.3 Å². The summed E-state index contributed by atoms with van der Waals surface area (Å²) < 4.78 is 2.01. The van der Waals surface area contributed by atoms with E-state index in [2.05, 4.69) is 4.98 Å².